The van der Waals surface area contributed by atoms with E-state index < -0.39 is 18.0 Å². The van der Waals surface area contributed by atoms with Gasteiger partial charge >= 0.3 is 11.9 Å². The molecule has 1 atom stereocenters. The van der Waals surface area contributed by atoms with E-state index in [1.165, 1.54) is 23.3 Å². The van der Waals surface area contributed by atoms with Gasteiger partial charge < -0.3 is 14.4 Å². The SMILES string of the molecule is O=C(C[C@@H](C(=O)O)n1ccnc1)OCc1ccccc1. The molecule has 0 aliphatic rings. The minimum Gasteiger partial charge on any atom is -0.480 e. The summed E-state index contributed by atoms with van der Waals surface area (Å²) in [5.41, 5.74) is 0.857. The van der Waals surface area contributed by atoms with Gasteiger partial charge in [-0.2, -0.15) is 0 Å². The Labute approximate surface area is 115 Å². The van der Waals surface area contributed by atoms with Crippen LogP contribution in [0.2, 0.25) is 0 Å². The van der Waals surface area contributed by atoms with Gasteiger partial charge in [0.05, 0.1) is 12.7 Å². The van der Waals surface area contributed by atoms with Crippen molar-refractivity contribution in [1.29, 1.82) is 0 Å². The molecule has 0 fully saturated rings. The normalized spacial score (nSPS) is 11.8. The highest BCUT2D eigenvalue weighted by Gasteiger charge is 2.23. The van der Waals surface area contributed by atoms with Crippen LogP contribution < -0.4 is 0 Å². The number of imidazole rings is 1. The Balaban J connectivity index is 1.91. The minimum atomic E-state index is -1.10. The summed E-state index contributed by atoms with van der Waals surface area (Å²) in [5.74, 6) is -1.66. The molecule has 20 heavy (non-hydrogen) atoms. The first-order valence-electron chi connectivity index (χ1n) is 6.06. The highest BCUT2D eigenvalue weighted by atomic mass is 16.5. The molecular formula is C14H14N2O4. The summed E-state index contributed by atoms with van der Waals surface area (Å²) in [7, 11) is 0. The smallest absolute Gasteiger partial charge is 0.327 e. The lowest BCUT2D eigenvalue weighted by molar-refractivity contribution is -0.151. The van der Waals surface area contributed by atoms with E-state index in [-0.39, 0.29) is 13.0 Å². The summed E-state index contributed by atoms with van der Waals surface area (Å²) in [5, 5.41) is 9.12. The first kappa shape index (κ1) is 13.8. The highest BCUT2D eigenvalue weighted by Crippen LogP contribution is 2.13. The van der Waals surface area contributed by atoms with Gasteiger partial charge in [-0.15, -0.1) is 0 Å². The van der Waals surface area contributed by atoms with Crippen molar-refractivity contribution >= 4 is 11.9 Å². The lowest BCUT2D eigenvalue weighted by Crippen LogP contribution is -2.22. The summed E-state index contributed by atoms with van der Waals surface area (Å²) in [4.78, 5) is 26.6. The average Bonchev–Trinajstić information content (AvgIpc) is 2.97. The molecule has 2 rings (SSSR count). The Hall–Kier alpha value is -2.63. The van der Waals surface area contributed by atoms with Crippen LogP contribution in [0.25, 0.3) is 0 Å². The maximum atomic E-state index is 11.7. The standard InChI is InChI=1S/C14H14N2O4/c17-13(20-9-11-4-2-1-3-5-11)8-12(14(18)19)16-7-6-15-10-16/h1-7,10,12H,8-9H2,(H,18,19)/t12-/m0/s1. The van der Waals surface area contributed by atoms with Gasteiger partial charge in [-0.1, -0.05) is 30.3 Å². The van der Waals surface area contributed by atoms with Crippen molar-refractivity contribution in [3.05, 3.63) is 54.6 Å². The van der Waals surface area contributed by atoms with Crippen LogP contribution in [-0.2, 0) is 20.9 Å². The zero-order valence-electron chi connectivity index (χ0n) is 10.7. The van der Waals surface area contributed by atoms with Crippen LogP contribution in [0.3, 0.4) is 0 Å². The second-order valence-corrected chi connectivity index (χ2v) is 4.21. The Morgan fingerprint density at radius 1 is 1.30 bits per heavy atom. The zero-order chi connectivity index (χ0) is 14.4. The Bertz CT molecular complexity index is 566. The quantitative estimate of drug-likeness (QED) is 0.810. The van der Waals surface area contributed by atoms with Crippen molar-refractivity contribution in [3.8, 4) is 0 Å². The molecule has 0 bridgehead atoms. The average molecular weight is 274 g/mol. The van der Waals surface area contributed by atoms with E-state index in [2.05, 4.69) is 4.98 Å². The second-order valence-electron chi connectivity index (χ2n) is 4.21. The molecule has 6 heteroatoms. The van der Waals surface area contributed by atoms with E-state index in [9.17, 15) is 9.59 Å². The number of nitrogens with zero attached hydrogens (tertiary/aromatic N) is 2. The van der Waals surface area contributed by atoms with Gasteiger partial charge in [0.1, 0.15) is 12.6 Å². The van der Waals surface area contributed by atoms with Crippen LogP contribution in [0.4, 0.5) is 0 Å². The molecule has 0 aliphatic carbocycles. The molecule has 0 saturated heterocycles. The third-order valence-electron chi connectivity index (χ3n) is 2.77. The number of hydrogen-bond donors (Lipinski definition) is 1. The Morgan fingerprint density at radius 3 is 2.65 bits per heavy atom. The number of carbonyl (C=O) groups is 2. The maximum Gasteiger partial charge on any atom is 0.327 e. The molecule has 0 unspecified atom stereocenters. The van der Waals surface area contributed by atoms with E-state index in [0.29, 0.717) is 0 Å². The molecule has 0 radical (unpaired) electrons. The van der Waals surface area contributed by atoms with Gasteiger partial charge in [0, 0.05) is 12.4 Å². The fourth-order valence-corrected chi connectivity index (χ4v) is 1.73. The van der Waals surface area contributed by atoms with Gasteiger partial charge in [0.2, 0.25) is 0 Å². The molecule has 0 aliphatic heterocycles. The molecule has 1 aromatic heterocycles. The van der Waals surface area contributed by atoms with Gasteiger partial charge in [-0.3, -0.25) is 4.79 Å². The van der Waals surface area contributed by atoms with Crippen molar-refractivity contribution in [3.63, 3.8) is 0 Å². The fourth-order valence-electron chi connectivity index (χ4n) is 1.73. The highest BCUT2D eigenvalue weighted by molar-refractivity contribution is 5.80. The lowest BCUT2D eigenvalue weighted by atomic mass is 10.2. The summed E-state index contributed by atoms with van der Waals surface area (Å²) in [6.07, 6.45) is 4.09. The fraction of sp³-hybridized carbons (Fsp3) is 0.214. The third-order valence-corrected chi connectivity index (χ3v) is 2.77. The lowest BCUT2D eigenvalue weighted by Gasteiger charge is -2.13. The van der Waals surface area contributed by atoms with Crippen LogP contribution >= 0.6 is 0 Å². The molecular weight excluding hydrogens is 260 g/mol. The van der Waals surface area contributed by atoms with Crippen molar-refractivity contribution < 1.29 is 19.4 Å². The Kier molecular flexibility index (Phi) is 4.49. The molecule has 2 aromatic rings. The van der Waals surface area contributed by atoms with Gasteiger partial charge in [0.25, 0.3) is 0 Å². The molecule has 1 aromatic carbocycles. The summed E-state index contributed by atoms with van der Waals surface area (Å²) in [6.45, 7) is 0.135. The van der Waals surface area contributed by atoms with E-state index in [0.717, 1.165) is 5.56 Å². The molecule has 6 nitrogen and oxygen atoms in total. The number of carboxylic acids is 1. The number of hydrogen-bond acceptors (Lipinski definition) is 4. The van der Waals surface area contributed by atoms with E-state index in [1.807, 2.05) is 30.3 Å². The molecule has 1 N–H and O–H groups in total. The Morgan fingerprint density at radius 2 is 2.05 bits per heavy atom. The van der Waals surface area contributed by atoms with Gasteiger partial charge in [-0.05, 0) is 5.56 Å². The van der Waals surface area contributed by atoms with Crippen LogP contribution in [0.5, 0.6) is 0 Å². The molecule has 104 valence electrons. The largest absolute Gasteiger partial charge is 0.480 e. The molecule has 0 spiro atoms. The van der Waals surface area contributed by atoms with Gasteiger partial charge in [-0.25, -0.2) is 9.78 Å². The third kappa shape index (κ3) is 3.68. The van der Waals surface area contributed by atoms with Gasteiger partial charge in [0.15, 0.2) is 0 Å². The van der Waals surface area contributed by atoms with Crippen molar-refractivity contribution in [2.45, 2.75) is 19.1 Å². The summed E-state index contributed by atoms with van der Waals surface area (Å²) >= 11 is 0. The van der Waals surface area contributed by atoms with Crippen molar-refractivity contribution in [2.24, 2.45) is 0 Å². The van der Waals surface area contributed by atoms with Crippen LogP contribution in [0.1, 0.15) is 18.0 Å². The number of aliphatic carboxylic acids is 1. The minimum absolute atomic E-state index is 0.135. The number of carbonyl (C=O) groups excluding carboxylic acids is 1. The predicted octanol–water partition coefficient (Wildman–Crippen LogP) is 1.64. The van der Waals surface area contributed by atoms with Crippen LogP contribution in [0.15, 0.2) is 49.1 Å². The number of aromatic nitrogens is 2. The van der Waals surface area contributed by atoms with E-state index in [1.54, 1.807) is 0 Å². The zero-order valence-corrected chi connectivity index (χ0v) is 10.7. The number of esters is 1. The number of ether oxygens (including phenoxy) is 1. The van der Waals surface area contributed by atoms with Crippen LogP contribution in [0, 0.1) is 0 Å². The summed E-state index contributed by atoms with van der Waals surface area (Å²) in [6, 6.07) is 8.21. The first-order chi connectivity index (χ1) is 9.66. The maximum absolute atomic E-state index is 11.7. The summed E-state index contributed by atoms with van der Waals surface area (Å²) < 4.78 is 6.44. The monoisotopic (exact) mass is 274 g/mol. The molecule has 0 amide bonds. The topological polar surface area (TPSA) is 81.4 Å². The van der Waals surface area contributed by atoms with Crippen molar-refractivity contribution in [2.75, 3.05) is 0 Å². The predicted molar refractivity (Wildman–Crippen MR) is 69.8 cm³/mol. The van der Waals surface area contributed by atoms with Crippen molar-refractivity contribution in [1.82, 2.24) is 9.55 Å². The second kappa shape index (κ2) is 6.51. The van der Waals surface area contributed by atoms with E-state index in [4.69, 9.17) is 9.84 Å². The number of carboxylic acid groups (broad SMARTS) is 1. The van der Waals surface area contributed by atoms with E-state index >= 15 is 0 Å². The number of rotatable bonds is 6. The molecule has 0 saturated carbocycles. The number of benzene rings is 1. The van der Waals surface area contributed by atoms with Crippen LogP contribution in [-0.4, -0.2) is 26.6 Å². The molecule has 1 heterocycles. The first-order valence-corrected chi connectivity index (χ1v) is 6.06.